The molecule has 1 aliphatic rings. The van der Waals surface area contributed by atoms with E-state index >= 15 is 0 Å². The van der Waals surface area contributed by atoms with Crippen molar-refractivity contribution in [2.24, 2.45) is 0 Å². The zero-order valence-electron chi connectivity index (χ0n) is 19.3. The maximum absolute atomic E-state index is 12.5. The Morgan fingerprint density at radius 1 is 1.09 bits per heavy atom. The highest BCUT2D eigenvalue weighted by molar-refractivity contribution is 7.47. The third-order valence-corrected chi connectivity index (χ3v) is 6.85. The third kappa shape index (κ3) is 8.49. The van der Waals surface area contributed by atoms with E-state index in [0.717, 1.165) is 17.4 Å². The molecule has 2 rings (SSSR count). The molecule has 196 valence electrons. The standard InChI is InChI=1S/C18H33N3O11P2/c1-4-6-10-28-33(23,24)30-12-13-15(32-34(25,26)29-11-7-5-2)16(27-3)17(31-13)21-9-8-14(19)20-18(21)22/h8-9,13,15-17H,4-7,10-12H2,1-3H3,(H,23,24)(H,25,26)(H2,19,20,22)/t13-,15-,16-,17-/m1/s1. The first-order valence-electron chi connectivity index (χ1n) is 10.8. The minimum atomic E-state index is -4.58. The normalized spacial score (nSPS) is 26.3. The van der Waals surface area contributed by atoms with E-state index in [9.17, 15) is 23.7 Å². The Kier molecular flexibility index (Phi) is 11.3. The summed E-state index contributed by atoms with van der Waals surface area (Å²) >= 11 is 0. The van der Waals surface area contributed by atoms with Crippen LogP contribution in [-0.4, -0.2) is 64.6 Å². The van der Waals surface area contributed by atoms with Gasteiger partial charge >= 0.3 is 21.3 Å². The van der Waals surface area contributed by atoms with E-state index in [1.807, 2.05) is 13.8 Å². The van der Waals surface area contributed by atoms with Gasteiger partial charge in [-0.1, -0.05) is 26.7 Å². The fourth-order valence-electron chi connectivity index (χ4n) is 3.10. The monoisotopic (exact) mass is 529 g/mol. The summed E-state index contributed by atoms with van der Waals surface area (Å²) in [6.45, 7) is 3.16. The first kappa shape index (κ1) is 29.1. The van der Waals surface area contributed by atoms with Crippen molar-refractivity contribution in [1.29, 1.82) is 0 Å². The van der Waals surface area contributed by atoms with Gasteiger partial charge in [-0.25, -0.2) is 13.9 Å². The molecule has 0 amide bonds. The van der Waals surface area contributed by atoms with Crippen LogP contribution in [0, 0.1) is 0 Å². The molecule has 2 unspecified atom stereocenters. The Balaban J connectivity index is 2.26. The maximum Gasteiger partial charge on any atom is 0.472 e. The molecule has 0 spiro atoms. The van der Waals surface area contributed by atoms with E-state index in [0.29, 0.717) is 12.8 Å². The molecule has 1 saturated heterocycles. The van der Waals surface area contributed by atoms with Crippen LogP contribution >= 0.6 is 15.6 Å². The van der Waals surface area contributed by atoms with Gasteiger partial charge in [0.2, 0.25) is 0 Å². The summed E-state index contributed by atoms with van der Waals surface area (Å²) in [6, 6.07) is 1.35. The number of nitrogen functional groups attached to an aromatic ring is 1. The molecule has 2 heterocycles. The SMILES string of the molecule is CCCCOP(=O)(O)OC[C@H]1O[C@@H](n2ccc(N)nc2=O)[C@H](OC)[C@@H]1OP(=O)(O)OCCCC. The first-order valence-corrected chi connectivity index (χ1v) is 13.8. The Labute approximate surface area is 197 Å². The topological polar surface area (TPSA) is 191 Å². The summed E-state index contributed by atoms with van der Waals surface area (Å²) in [5.41, 5.74) is 4.77. The summed E-state index contributed by atoms with van der Waals surface area (Å²) in [4.78, 5) is 36.1. The van der Waals surface area contributed by atoms with Crippen molar-refractivity contribution in [3.05, 3.63) is 22.7 Å². The third-order valence-electron chi connectivity index (χ3n) is 4.84. The van der Waals surface area contributed by atoms with Crippen molar-refractivity contribution in [3.8, 4) is 0 Å². The predicted molar refractivity (Wildman–Crippen MR) is 120 cm³/mol. The molecule has 1 aromatic heterocycles. The molecule has 1 aromatic rings. The summed E-state index contributed by atoms with van der Waals surface area (Å²) in [7, 11) is -7.75. The van der Waals surface area contributed by atoms with Crippen LogP contribution in [0.3, 0.4) is 0 Å². The summed E-state index contributed by atoms with van der Waals surface area (Å²) in [5.74, 6) is -0.0180. The molecule has 0 aliphatic carbocycles. The van der Waals surface area contributed by atoms with Crippen molar-refractivity contribution in [3.63, 3.8) is 0 Å². The van der Waals surface area contributed by atoms with Crippen molar-refractivity contribution < 1.29 is 46.5 Å². The number of aromatic nitrogens is 2. The van der Waals surface area contributed by atoms with E-state index in [2.05, 4.69) is 4.98 Å². The van der Waals surface area contributed by atoms with E-state index in [-0.39, 0.29) is 19.0 Å². The van der Waals surface area contributed by atoms with Gasteiger partial charge in [0.05, 0.1) is 19.8 Å². The zero-order chi connectivity index (χ0) is 25.4. The Morgan fingerprint density at radius 3 is 2.26 bits per heavy atom. The van der Waals surface area contributed by atoms with Gasteiger partial charge in [-0.2, -0.15) is 4.98 Å². The fraction of sp³-hybridized carbons (Fsp3) is 0.778. The van der Waals surface area contributed by atoms with Crippen LogP contribution in [0.4, 0.5) is 5.82 Å². The highest BCUT2D eigenvalue weighted by Crippen LogP contribution is 2.50. The predicted octanol–water partition coefficient (Wildman–Crippen LogP) is 1.97. The van der Waals surface area contributed by atoms with E-state index in [1.54, 1.807) is 0 Å². The van der Waals surface area contributed by atoms with Gasteiger partial charge in [-0.3, -0.25) is 22.7 Å². The fourth-order valence-corrected chi connectivity index (χ4v) is 4.86. The average Bonchev–Trinajstić information content (AvgIpc) is 3.08. The number of hydrogen-bond acceptors (Lipinski definition) is 11. The number of ether oxygens (including phenoxy) is 2. The smallest absolute Gasteiger partial charge is 0.383 e. The van der Waals surface area contributed by atoms with Crippen molar-refractivity contribution in [2.75, 3.05) is 32.7 Å². The van der Waals surface area contributed by atoms with Gasteiger partial charge in [-0.05, 0) is 18.9 Å². The molecule has 0 aromatic carbocycles. The number of rotatable bonds is 15. The quantitative estimate of drug-likeness (QED) is 0.221. The Bertz CT molecular complexity index is 931. The molecule has 16 heteroatoms. The van der Waals surface area contributed by atoms with Crippen molar-refractivity contribution >= 4 is 21.5 Å². The van der Waals surface area contributed by atoms with Crippen LogP contribution in [0.1, 0.15) is 45.8 Å². The number of nitrogens with zero attached hydrogens (tertiary/aromatic N) is 2. The molecule has 6 atom stereocenters. The van der Waals surface area contributed by atoms with Gasteiger partial charge in [0.1, 0.15) is 24.1 Å². The lowest BCUT2D eigenvalue weighted by molar-refractivity contribution is -0.0625. The summed E-state index contributed by atoms with van der Waals surface area (Å²) in [5, 5.41) is 0. The van der Waals surface area contributed by atoms with E-state index in [1.165, 1.54) is 19.4 Å². The van der Waals surface area contributed by atoms with Gasteiger partial charge in [0, 0.05) is 13.3 Å². The first-order chi connectivity index (χ1) is 16.0. The van der Waals surface area contributed by atoms with Crippen molar-refractivity contribution in [1.82, 2.24) is 9.55 Å². The molecule has 34 heavy (non-hydrogen) atoms. The number of hydrogen-bond donors (Lipinski definition) is 3. The number of phosphoric acid groups is 2. The minimum Gasteiger partial charge on any atom is -0.383 e. The molecule has 0 saturated carbocycles. The van der Waals surface area contributed by atoms with Gasteiger partial charge in [0.15, 0.2) is 6.23 Å². The summed E-state index contributed by atoms with van der Waals surface area (Å²) < 4.78 is 57.2. The lowest BCUT2D eigenvalue weighted by Gasteiger charge is -2.25. The molecule has 0 radical (unpaired) electrons. The van der Waals surface area contributed by atoms with Crippen LogP contribution in [0.5, 0.6) is 0 Å². The van der Waals surface area contributed by atoms with Crippen LogP contribution in [0.25, 0.3) is 0 Å². The lowest BCUT2D eigenvalue weighted by atomic mass is 10.1. The second-order valence-corrected chi connectivity index (χ2v) is 10.3. The minimum absolute atomic E-state index is 0.00264. The van der Waals surface area contributed by atoms with Crippen LogP contribution in [-0.2, 0) is 36.7 Å². The molecule has 4 N–H and O–H groups in total. The van der Waals surface area contributed by atoms with Gasteiger partial charge < -0.3 is 25.0 Å². The van der Waals surface area contributed by atoms with Gasteiger partial charge in [0.25, 0.3) is 0 Å². The number of unbranched alkanes of at least 4 members (excludes halogenated alkanes) is 2. The lowest BCUT2D eigenvalue weighted by Crippen LogP contribution is -2.39. The van der Waals surface area contributed by atoms with E-state index < -0.39 is 52.5 Å². The summed E-state index contributed by atoms with van der Waals surface area (Å²) in [6.07, 6.45) is -1.00. The second kappa shape index (κ2) is 13.2. The number of anilines is 1. The molecule has 14 nitrogen and oxygen atoms in total. The van der Waals surface area contributed by atoms with Crippen LogP contribution in [0.2, 0.25) is 0 Å². The Hall–Kier alpha value is -1.18. The van der Waals surface area contributed by atoms with Crippen molar-refractivity contribution in [2.45, 2.75) is 64.1 Å². The van der Waals surface area contributed by atoms with Crippen LogP contribution < -0.4 is 11.4 Å². The average molecular weight is 529 g/mol. The molecular formula is C18H33N3O11P2. The van der Waals surface area contributed by atoms with Crippen LogP contribution in [0.15, 0.2) is 17.1 Å². The number of nitrogens with two attached hydrogens (primary N) is 1. The molecule has 1 aliphatic heterocycles. The van der Waals surface area contributed by atoms with E-state index in [4.69, 9.17) is 33.3 Å². The maximum atomic E-state index is 12.5. The Morgan fingerprint density at radius 2 is 1.71 bits per heavy atom. The van der Waals surface area contributed by atoms with Gasteiger partial charge in [-0.15, -0.1) is 0 Å². The highest BCUT2D eigenvalue weighted by atomic mass is 31.2. The largest absolute Gasteiger partial charge is 0.472 e. The molecular weight excluding hydrogens is 496 g/mol. The number of methoxy groups -OCH3 is 1. The second-order valence-electron chi connectivity index (χ2n) is 7.48. The molecule has 0 bridgehead atoms. The highest BCUT2D eigenvalue weighted by Gasteiger charge is 2.51. The number of phosphoric ester groups is 2. The molecule has 1 fully saturated rings. The zero-order valence-corrected chi connectivity index (χ0v) is 21.1.